The van der Waals surface area contributed by atoms with Gasteiger partial charge in [0.05, 0.1) is 26.7 Å². The summed E-state index contributed by atoms with van der Waals surface area (Å²) >= 11 is 0. The zero-order chi connectivity index (χ0) is 18.6. The van der Waals surface area contributed by atoms with Gasteiger partial charge in [-0.25, -0.2) is 0 Å². The van der Waals surface area contributed by atoms with Gasteiger partial charge in [0.2, 0.25) is 0 Å². The lowest BCUT2D eigenvalue weighted by atomic mass is 9.88. The largest absolute Gasteiger partial charge is 0.493 e. The first-order valence-corrected chi connectivity index (χ1v) is 8.05. The third kappa shape index (κ3) is 4.23. The summed E-state index contributed by atoms with van der Waals surface area (Å²) in [6.45, 7) is 5.64. The Hall–Kier alpha value is -2.70. The van der Waals surface area contributed by atoms with Gasteiger partial charge in [-0.2, -0.15) is 0 Å². The lowest BCUT2D eigenvalue weighted by Gasteiger charge is -2.19. The average Bonchev–Trinajstić information content (AvgIpc) is 2.91. The molecule has 1 atom stereocenters. The predicted molar refractivity (Wildman–Crippen MR) is 93.4 cm³/mol. The second-order valence-electron chi connectivity index (χ2n) is 6.03. The van der Waals surface area contributed by atoms with Crippen LogP contribution >= 0.6 is 0 Å². The van der Waals surface area contributed by atoms with E-state index in [0.717, 1.165) is 5.56 Å². The second kappa shape index (κ2) is 7.92. The Bertz CT molecular complexity index is 791. The van der Waals surface area contributed by atoms with Crippen LogP contribution in [-0.4, -0.2) is 36.5 Å². The van der Waals surface area contributed by atoms with Crippen LogP contribution in [0.15, 0.2) is 23.0 Å². The van der Waals surface area contributed by atoms with Gasteiger partial charge in [-0.05, 0) is 38.5 Å². The van der Waals surface area contributed by atoms with Gasteiger partial charge in [-0.3, -0.25) is 14.7 Å². The number of carbonyl (C=O) groups is 1. The predicted octanol–water partition coefficient (Wildman–Crippen LogP) is 2.50. The van der Waals surface area contributed by atoms with Crippen LogP contribution in [0.2, 0.25) is 0 Å². The number of rotatable bonds is 7. The number of carbonyl (C=O) groups excluding carboxylic acids is 1. The van der Waals surface area contributed by atoms with E-state index in [2.05, 4.69) is 10.2 Å². The van der Waals surface area contributed by atoms with Crippen molar-refractivity contribution in [2.45, 2.75) is 39.2 Å². The molecule has 0 aliphatic heterocycles. The zero-order valence-electron chi connectivity index (χ0n) is 15.1. The number of aromatic amines is 2. The van der Waals surface area contributed by atoms with Crippen molar-refractivity contribution in [2.75, 3.05) is 14.2 Å². The second-order valence-corrected chi connectivity index (χ2v) is 6.03. The summed E-state index contributed by atoms with van der Waals surface area (Å²) in [6.07, 6.45) is 0.0478. The number of aryl methyl sites for hydroxylation is 1. The summed E-state index contributed by atoms with van der Waals surface area (Å²) < 4.78 is 15.9. The minimum Gasteiger partial charge on any atom is -0.493 e. The molecule has 1 aromatic heterocycles. The number of esters is 1. The number of hydrogen-bond acceptors (Lipinski definition) is 5. The van der Waals surface area contributed by atoms with Crippen molar-refractivity contribution in [2.24, 2.45) is 0 Å². The smallest absolute Gasteiger partial charge is 0.306 e. The van der Waals surface area contributed by atoms with Crippen LogP contribution < -0.4 is 15.0 Å². The van der Waals surface area contributed by atoms with E-state index >= 15 is 0 Å². The fourth-order valence-electron chi connectivity index (χ4n) is 2.76. The number of hydrogen-bond donors (Lipinski definition) is 2. The maximum atomic E-state index is 12.2. The lowest BCUT2D eigenvalue weighted by Crippen LogP contribution is -2.17. The number of H-pyrrole nitrogens is 2. The average molecular weight is 348 g/mol. The first-order valence-electron chi connectivity index (χ1n) is 8.05. The molecule has 0 radical (unpaired) electrons. The molecular formula is C18H24N2O5. The molecular weight excluding hydrogens is 324 g/mol. The molecule has 0 saturated carbocycles. The maximum absolute atomic E-state index is 12.2. The Morgan fingerprint density at radius 2 is 1.88 bits per heavy atom. The van der Waals surface area contributed by atoms with Crippen LogP contribution in [0.25, 0.3) is 0 Å². The van der Waals surface area contributed by atoms with Crippen molar-refractivity contribution >= 4 is 5.97 Å². The fraction of sp³-hybridized carbons (Fsp3) is 0.444. The van der Waals surface area contributed by atoms with Crippen molar-refractivity contribution in [3.63, 3.8) is 0 Å². The van der Waals surface area contributed by atoms with Gasteiger partial charge in [-0.15, -0.1) is 0 Å². The van der Waals surface area contributed by atoms with Gasteiger partial charge in [-0.1, -0.05) is 6.07 Å². The number of aromatic nitrogens is 2. The number of nitrogens with one attached hydrogen (secondary N) is 2. The van der Waals surface area contributed by atoms with E-state index in [0.29, 0.717) is 22.8 Å². The Morgan fingerprint density at radius 3 is 2.40 bits per heavy atom. The third-order valence-electron chi connectivity index (χ3n) is 3.91. The van der Waals surface area contributed by atoms with Crippen LogP contribution in [0.3, 0.4) is 0 Å². The standard InChI is InChI=1S/C18H24N2O5/c1-10(2)25-14-7-6-12(8-15(14)23-4)13(9-16(21)24-5)17-11(3)19-20-18(17)22/h6-8,10,13H,9H2,1-5H3,(H2,19,20,22)/t13-/m1/s1. The van der Waals surface area contributed by atoms with Crippen LogP contribution in [0.5, 0.6) is 11.5 Å². The Morgan fingerprint density at radius 1 is 1.16 bits per heavy atom. The van der Waals surface area contributed by atoms with E-state index in [9.17, 15) is 9.59 Å². The number of methoxy groups -OCH3 is 2. The van der Waals surface area contributed by atoms with E-state index in [-0.39, 0.29) is 18.1 Å². The molecule has 136 valence electrons. The molecule has 0 aliphatic carbocycles. The van der Waals surface area contributed by atoms with Crippen LogP contribution in [0.1, 0.15) is 43.0 Å². The summed E-state index contributed by atoms with van der Waals surface area (Å²) in [6, 6.07) is 5.41. The summed E-state index contributed by atoms with van der Waals surface area (Å²) in [7, 11) is 2.88. The summed E-state index contributed by atoms with van der Waals surface area (Å²) in [5.41, 5.74) is 1.70. The monoisotopic (exact) mass is 348 g/mol. The molecule has 2 aromatic rings. The number of benzene rings is 1. The van der Waals surface area contributed by atoms with Crippen molar-refractivity contribution in [1.29, 1.82) is 0 Å². The van der Waals surface area contributed by atoms with Gasteiger partial charge in [0.15, 0.2) is 11.5 Å². The normalized spacial score (nSPS) is 12.1. The molecule has 0 unspecified atom stereocenters. The minimum atomic E-state index is -0.454. The van der Waals surface area contributed by atoms with E-state index in [1.807, 2.05) is 19.9 Å². The molecule has 0 amide bonds. The van der Waals surface area contributed by atoms with Crippen molar-refractivity contribution in [3.8, 4) is 11.5 Å². The lowest BCUT2D eigenvalue weighted by molar-refractivity contribution is -0.140. The first-order chi connectivity index (χ1) is 11.9. The van der Waals surface area contributed by atoms with Gasteiger partial charge >= 0.3 is 5.97 Å². The first kappa shape index (κ1) is 18.6. The Balaban J connectivity index is 2.50. The van der Waals surface area contributed by atoms with Gasteiger partial charge in [0.25, 0.3) is 5.56 Å². The summed E-state index contributed by atoms with van der Waals surface area (Å²) in [4.78, 5) is 24.1. The van der Waals surface area contributed by atoms with E-state index in [4.69, 9.17) is 14.2 Å². The van der Waals surface area contributed by atoms with Crippen LogP contribution in [0.4, 0.5) is 0 Å². The van der Waals surface area contributed by atoms with Gasteiger partial charge in [0, 0.05) is 17.2 Å². The SMILES string of the molecule is COC(=O)C[C@H](c1ccc(OC(C)C)c(OC)c1)c1c(C)[nH][nH]c1=O. The molecule has 0 bridgehead atoms. The molecule has 1 heterocycles. The summed E-state index contributed by atoms with van der Waals surface area (Å²) in [5, 5.41) is 5.35. The molecule has 1 aromatic carbocycles. The Kier molecular flexibility index (Phi) is 5.90. The highest BCUT2D eigenvalue weighted by atomic mass is 16.5. The molecule has 0 saturated heterocycles. The van der Waals surface area contributed by atoms with Crippen molar-refractivity contribution < 1.29 is 19.0 Å². The molecule has 25 heavy (non-hydrogen) atoms. The highest BCUT2D eigenvalue weighted by Gasteiger charge is 2.25. The van der Waals surface area contributed by atoms with Crippen LogP contribution in [0, 0.1) is 6.92 Å². The number of ether oxygens (including phenoxy) is 3. The van der Waals surface area contributed by atoms with Crippen molar-refractivity contribution in [3.05, 3.63) is 45.4 Å². The molecule has 0 fully saturated rings. The van der Waals surface area contributed by atoms with Gasteiger partial charge in [0.1, 0.15) is 0 Å². The highest BCUT2D eigenvalue weighted by Crippen LogP contribution is 2.35. The quantitative estimate of drug-likeness (QED) is 0.750. The van der Waals surface area contributed by atoms with Crippen molar-refractivity contribution in [1.82, 2.24) is 10.2 Å². The molecule has 7 heteroatoms. The molecule has 2 rings (SSSR count). The topological polar surface area (TPSA) is 93.4 Å². The van der Waals surface area contributed by atoms with E-state index < -0.39 is 11.9 Å². The van der Waals surface area contributed by atoms with Gasteiger partial charge < -0.3 is 19.3 Å². The fourth-order valence-corrected chi connectivity index (χ4v) is 2.76. The minimum absolute atomic E-state index is 0.000351. The molecule has 0 aliphatic rings. The summed E-state index contributed by atoms with van der Waals surface area (Å²) in [5.74, 6) is 0.305. The molecule has 2 N–H and O–H groups in total. The third-order valence-corrected chi connectivity index (χ3v) is 3.91. The highest BCUT2D eigenvalue weighted by molar-refractivity contribution is 5.71. The van der Waals surface area contributed by atoms with E-state index in [1.54, 1.807) is 26.2 Å². The molecule has 7 nitrogen and oxygen atoms in total. The Labute approximate surface area is 146 Å². The van der Waals surface area contributed by atoms with E-state index in [1.165, 1.54) is 7.11 Å². The molecule has 0 spiro atoms. The van der Waals surface area contributed by atoms with Crippen LogP contribution in [-0.2, 0) is 9.53 Å². The zero-order valence-corrected chi connectivity index (χ0v) is 15.1. The maximum Gasteiger partial charge on any atom is 0.306 e.